The summed E-state index contributed by atoms with van der Waals surface area (Å²) in [5, 5.41) is 33.2. The summed E-state index contributed by atoms with van der Waals surface area (Å²) in [5.41, 5.74) is -1.95. The van der Waals surface area contributed by atoms with Crippen LogP contribution in [0.15, 0.2) is 0 Å². The second-order valence-corrected chi connectivity index (χ2v) is 11.4. The van der Waals surface area contributed by atoms with Crippen molar-refractivity contribution < 1.29 is 20.1 Å². The average Bonchev–Trinajstić information content (AvgIpc) is 2.75. The van der Waals surface area contributed by atoms with Crippen molar-refractivity contribution in [3.63, 3.8) is 0 Å². The van der Waals surface area contributed by atoms with Crippen molar-refractivity contribution in [1.82, 2.24) is 0 Å². The minimum atomic E-state index is -1.47. The minimum absolute atomic E-state index is 0.0959. The number of ketones is 1. The number of hydrogen-bond donors (Lipinski definition) is 3. The van der Waals surface area contributed by atoms with E-state index in [2.05, 4.69) is 22.9 Å². The summed E-state index contributed by atoms with van der Waals surface area (Å²) in [5.74, 6) is -0.0529. The molecule has 0 saturated heterocycles. The van der Waals surface area contributed by atoms with Gasteiger partial charge in [0.2, 0.25) is 0 Å². The highest BCUT2D eigenvalue weighted by Gasteiger charge is 2.72. The molecule has 4 fully saturated rings. The largest absolute Gasteiger partial charge is 0.393 e. The van der Waals surface area contributed by atoms with Crippen LogP contribution < -0.4 is 0 Å². The van der Waals surface area contributed by atoms with Crippen molar-refractivity contribution in [3.8, 4) is 0 Å². The molecule has 0 aliphatic heterocycles. The molecular formula is C21H33BrO4. The summed E-state index contributed by atoms with van der Waals surface area (Å²) in [6.45, 7) is 6.18. The van der Waals surface area contributed by atoms with Crippen LogP contribution in [0.4, 0.5) is 0 Å². The molecule has 26 heavy (non-hydrogen) atoms. The number of carbonyl (C=O) groups is 1. The van der Waals surface area contributed by atoms with E-state index in [1.807, 2.05) is 13.8 Å². The molecule has 148 valence electrons. The molecule has 0 amide bonds. The van der Waals surface area contributed by atoms with Gasteiger partial charge in [0, 0.05) is 16.2 Å². The number of aliphatic hydroxyl groups excluding tert-OH is 2. The van der Waals surface area contributed by atoms with Crippen LogP contribution in [0.1, 0.15) is 65.7 Å². The van der Waals surface area contributed by atoms with E-state index in [1.54, 1.807) is 0 Å². The van der Waals surface area contributed by atoms with E-state index >= 15 is 0 Å². The lowest BCUT2D eigenvalue weighted by Gasteiger charge is -2.62. The third-order valence-corrected chi connectivity index (χ3v) is 10.2. The third kappa shape index (κ3) is 2.20. The van der Waals surface area contributed by atoms with Gasteiger partial charge in [-0.05, 0) is 68.1 Å². The van der Waals surface area contributed by atoms with Crippen LogP contribution in [0.2, 0.25) is 0 Å². The molecule has 3 N–H and O–H groups in total. The Hall–Kier alpha value is 0.0300. The number of fused-ring (bicyclic) bond motifs is 5. The Morgan fingerprint density at radius 2 is 1.85 bits per heavy atom. The normalized spacial score (nSPS) is 59.5. The van der Waals surface area contributed by atoms with Gasteiger partial charge in [-0.1, -0.05) is 36.7 Å². The van der Waals surface area contributed by atoms with Crippen molar-refractivity contribution >= 4 is 21.7 Å². The molecule has 0 spiro atoms. The Labute approximate surface area is 164 Å². The third-order valence-electron chi connectivity index (χ3n) is 9.35. The average molecular weight is 429 g/mol. The van der Waals surface area contributed by atoms with E-state index in [-0.39, 0.29) is 17.3 Å². The topological polar surface area (TPSA) is 77.8 Å². The lowest BCUT2D eigenvalue weighted by atomic mass is 9.43. The first-order valence-corrected chi connectivity index (χ1v) is 11.3. The van der Waals surface area contributed by atoms with E-state index < -0.39 is 29.0 Å². The van der Waals surface area contributed by atoms with Crippen LogP contribution in [-0.2, 0) is 4.79 Å². The van der Waals surface area contributed by atoms with Gasteiger partial charge < -0.3 is 15.3 Å². The Morgan fingerprint density at radius 1 is 1.15 bits per heavy atom. The Bertz CT molecular complexity index is 611. The maximum atomic E-state index is 12.8. The standard InChI is InChI=1S/C21H33BrO4/c1-4-21(26)18(25)17(24)16-15-13(6-8-20(16,21)3)19(2)7-5-12(22)9-11(19)10-14(15)23/h11-17,23-24,26H,4-10H2,1-3H3/t11-,12-,13?,14-,15?,16?,17-,19-,20-,21-/m0/s1. The number of carbonyl (C=O) groups excluding carboxylic acids is 1. The molecule has 0 radical (unpaired) electrons. The lowest BCUT2D eigenvalue weighted by Crippen LogP contribution is -2.61. The zero-order valence-electron chi connectivity index (χ0n) is 16.1. The summed E-state index contributed by atoms with van der Waals surface area (Å²) in [6.07, 6.45) is 4.48. The van der Waals surface area contributed by atoms with Gasteiger partial charge in [-0.15, -0.1) is 0 Å². The quantitative estimate of drug-likeness (QED) is 0.560. The number of hydrogen-bond acceptors (Lipinski definition) is 4. The van der Waals surface area contributed by atoms with Crippen LogP contribution in [0.25, 0.3) is 0 Å². The SMILES string of the molecule is CC[C@]1(O)C(=O)[C@@H](O)C2C3C(CC[C@@]21C)[C@@]1(C)CC[C@H](Br)C[C@H]1C[C@@H]3O. The molecule has 4 rings (SSSR count). The molecule has 5 heteroatoms. The van der Waals surface area contributed by atoms with Gasteiger partial charge in [-0.2, -0.15) is 0 Å². The molecule has 0 bridgehead atoms. The Kier molecular flexibility index (Phi) is 4.47. The Balaban J connectivity index is 1.75. The first-order chi connectivity index (χ1) is 12.1. The highest BCUT2D eigenvalue weighted by Crippen LogP contribution is 2.68. The highest BCUT2D eigenvalue weighted by molar-refractivity contribution is 9.09. The highest BCUT2D eigenvalue weighted by atomic mass is 79.9. The van der Waals surface area contributed by atoms with Crippen molar-refractivity contribution in [3.05, 3.63) is 0 Å². The monoisotopic (exact) mass is 428 g/mol. The van der Waals surface area contributed by atoms with E-state index in [0.717, 1.165) is 38.5 Å². The van der Waals surface area contributed by atoms with Crippen LogP contribution in [0, 0.1) is 34.5 Å². The predicted molar refractivity (Wildman–Crippen MR) is 103 cm³/mol. The second-order valence-electron chi connectivity index (χ2n) is 10.1. The number of halogens is 1. The first-order valence-electron chi connectivity index (χ1n) is 10.4. The summed E-state index contributed by atoms with van der Waals surface area (Å²) >= 11 is 3.78. The van der Waals surface area contributed by atoms with E-state index in [4.69, 9.17) is 0 Å². The van der Waals surface area contributed by atoms with Crippen molar-refractivity contribution in [2.45, 2.75) is 88.4 Å². The molecule has 0 heterocycles. The second kappa shape index (κ2) is 6.01. The molecule has 0 aromatic heterocycles. The molecule has 10 atom stereocenters. The van der Waals surface area contributed by atoms with Gasteiger partial charge >= 0.3 is 0 Å². The van der Waals surface area contributed by atoms with Crippen molar-refractivity contribution in [1.29, 1.82) is 0 Å². The van der Waals surface area contributed by atoms with Gasteiger partial charge in [0.05, 0.1) is 6.10 Å². The minimum Gasteiger partial charge on any atom is -0.393 e. The summed E-state index contributed by atoms with van der Waals surface area (Å²) in [7, 11) is 0. The number of Topliss-reactive ketones (excluding diaryl/α,β-unsaturated/α-hetero) is 1. The summed E-state index contributed by atoms with van der Waals surface area (Å²) < 4.78 is 0. The fraction of sp³-hybridized carbons (Fsp3) is 0.952. The predicted octanol–water partition coefficient (Wildman–Crippen LogP) is 3.05. The molecular weight excluding hydrogens is 396 g/mol. The van der Waals surface area contributed by atoms with E-state index in [0.29, 0.717) is 23.1 Å². The fourth-order valence-electron chi connectivity index (χ4n) is 7.74. The van der Waals surface area contributed by atoms with E-state index in [9.17, 15) is 20.1 Å². The smallest absolute Gasteiger partial charge is 0.193 e. The van der Waals surface area contributed by atoms with Gasteiger partial charge in [0.15, 0.2) is 5.78 Å². The van der Waals surface area contributed by atoms with Crippen LogP contribution in [0.5, 0.6) is 0 Å². The molecule has 4 aliphatic carbocycles. The first kappa shape index (κ1) is 19.4. The van der Waals surface area contributed by atoms with Gasteiger partial charge in [-0.3, -0.25) is 4.79 Å². The molecule has 4 aliphatic rings. The summed E-state index contributed by atoms with van der Waals surface area (Å²) in [4.78, 5) is 13.4. The van der Waals surface area contributed by atoms with Gasteiger partial charge in [-0.25, -0.2) is 0 Å². The summed E-state index contributed by atoms with van der Waals surface area (Å²) in [6, 6.07) is 0. The van der Waals surface area contributed by atoms with Crippen LogP contribution in [-0.4, -0.2) is 43.7 Å². The maximum Gasteiger partial charge on any atom is 0.193 e. The number of rotatable bonds is 1. The molecule has 0 aromatic rings. The Morgan fingerprint density at radius 3 is 2.50 bits per heavy atom. The zero-order chi connectivity index (χ0) is 19.1. The van der Waals surface area contributed by atoms with E-state index in [1.165, 1.54) is 0 Å². The number of alkyl halides is 1. The van der Waals surface area contributed by atoms with Crippen molar-refractivity contribution in [2.24, 2.45) is 34.5 Å². The molecule has 4 nitrogen and oxygen atoms in total. The van der Waals surface area contributed by atoms with Crippen molar-refractivity contribution in [2.75, 3.05) is 0 Å². The number of aliphatic hydroxyl groups is 3. The lowest BCUT2D eigenvalue weighted by molar-refractivity contribution is -0.193. The molecule has 0 aromatic carbocycles. The van der Waals surface area contributed by atoms with Crippen LogP contribution >= 0.6 is 15.9 Å². The fourth-order valence-corrected chi connectivity index (χ4v) is 8.42. The van der Waals surface area contributed by atoms with Crippen LogP contribution in [0.3, 0.4) is 0 Å². The van der Waals surface area contributed by atoms with Gasteiger partial charge in [0.25, 0.3) is 0 Å². The zero-order valence-corrected chi connectivity index (χ0v) is 17.7. The van der Waals surface area contributed by atoms with Gasteiger partial charge in [0.1, 0.15) is 11.7 Å². The molecule has 3 unspecified atom stereocenters. The maximum absolute atomic E-state index is 12.8. The molecule has 4 saturated carbocycles.